The van der Waals surface area contributed by atoms with Crippen LogP contribution in [-0.2, 0) is 14.3 Å². The van der Waals surface area contributed by atoms with E-state index in [1.165, 1.54) is 11.0 Å². The molecule has 0 bridgehead atoms. The molecular formula is C13H16O3S. The molecule has 0 aromatic carbocycles. The number of ether oxygens (including phenoxy) is 2. The van der Waals surface area contributed by atoms with Crippen molar-refractivity contribution in [2.45, 2.75) is 13.8 Å². The van der Waals surface area contributed by atoms with Crippen molar-refractivity contribution in [3.8, 4) is 0 Å². The SMILES string of the molecule is Cc1ccc(/C=C\C(=O)OCC2(C)COC2)s1. The quantitative estimate of drug-likeness (QED) is 0.610. The largest absolute Gasteiger partial charge is 0.462 e. The summed E-state index contributed by atoms with van der Waals surface area (Å²) in [5.74, 6) is -0.288. The predicted octanol–water partition coefficient (Wildman–Crippen LogP) is 2.65. The zero-order valence-corrected chi connectivity index (χ0v) is 10.9. The summed E-state index contributed by atoms with van der Waals surface area (Å²) in [7, 11) is 0. The third-order valence-corrected chi connectivity index (χ3v) is 3.57. The summed E-state index contributed by atoms with van der Waals surface area (Å²) in [5.41, 5.74) is 0.0169. The topological polar surface area (TPSA) is 35.5 Å². The van der Waals surface area contributed by atoms with Crippen molar-refractivity contribution < 1.29 is 14.3 Å². The van der Waals surface area contributed by atoms with Crippen molar-refractivity contribution in [2.75, 3.05) is 19.8 Å². The van der Waals surface area contributed by atoms with Gasteiger partial charge in [0.2, 0.25) is 0 Å². The number of carbonyl (C=O) groups excluding carboxylic acids is 1. The van der Waals surface area contributed by atoms with Crippen molar-refractivity contribution in [2.24, 2.45) is 5.41 Å². The van der Waals surface area contributed by atoms with Crippen LogP contribution < -0.4 is 0 Å². The fraction of sp³-hybridized carbons (Fsp3) is 0.462. The minimum Gasteiger partial charge on any atom is -0.462 e. The number of aryl methyl sites for hydroxylation is 1. The standard InChI is InChI=1S/C13H16O3S/c1-10-3-4-11(17-10)5-6-12(14)16-9-13(2)7-15-8-13/h3-6H,7-9H2,1-2H3/b6-5-. The summed E-state index contributed by atoms with van der Waals surface area (Å²) in [6, 6.07) is 4.02. The van der Waals surface area contributed by atoms with Gasteiger partial charge in [0.1, 0.15) is 6.61 Å². The predicted molar refractivity (Wildman–Crippen MR) is 68.0 cm³/mol. The van der Waals surface area contributed by atoms with Crippen molar-refractivity contribution in [3.63, 3.8) is 0 Å². The van der Waals surface area contributed by atoms with Crippen LogP contribution in [0, 0.1) is 12.3 Å². The molecule has 3 nitrogen and oxygen atoms in total. The summed E-state index contributed by atoms with van der Waals surface area (Å²) >= 11 is 1.65. The average Bonchev–Trinajstić information content (AvgIpc) is 2.67. The number of hydrogen-bond donors (Lipinski definition) is 0. The molecule has 92 valence electrons. The van der Waals surface area contributed by atoms with Gasteiger partial charge in [-0.3, -0.25) is 0 Å². The normalized spacial score (nSPS) is 18.0. The van der Waals surface area contributed by atoms with Crippen molar-refractivity contribution >= 4 is 23.4 Å². The first-order chi connectivity index (χ1) is 8.07. The number of rotatable bonds is 4. The Hall–Kier alpha value is -1.13. The van der Waals surface area contributed by atoms with E-state index in [0.717, 1.165) is 4.88 Å². The Morgan fingerprint density at radius 2 is 2.35 bits per heavy atom. The van der Waals surface area contributed by atoms with E-state index in [2.05, 4.69) is 6.92 Å². The summed E-state index contributed by atoms with van der Waals surface area (Å²) in [6.45, 7) is 5.87. The molecule has 0 N–H and O–H groups in total. The molecule has 1 saturated heterocycles. The van der Waals surface area contributed by atoms with E-state index >= 15 is 0 Å². The van der Waals surface area contributed by atoms with Crippen LogP contribution >= 0.6 is 11.3 Å². The van der Waals surface area contributed by atoms with E-state index in [-0.39, 0.29) is 11.4 Å². The van der Waals surface area contributed by atoms with Crippen LogP contribution in [0.25, 0.3) is 6.08 Å². The maximum Gasteiger partial charge on any atom is 0.330 e. The maximum atomic E-state index is 11.5. The lowest BCUT2D eigenvalue weighted by atomic mass is 9.90. The van der Waals surface area contributed by atoms with Gasteiger partial charge >= 0.3 is 5.97 Å². The van der Waals surface area contributed by atoms with Gasteiger partial charge in [-0.05, 0) is 25.1 Å². The first-order valence-corrected chi connectivity index (χ1v) is 6.38. The molecule has 0 amide bonds. The zero-order chi connectivity index (χ0) is 12.3. The molecule has 1 aliphatic heterocycles. The highest BCUT2D eigenvalue weighted by Gasteiger charge is 2.34. The molecule has 2 heterocycles. The molecule has 0 spiro atoms. The van der Waals surface area contributed by atoms with Crippen LogP contribution in [0.15, 0.2) is 18.2 Å². The second-order valence-electron chi connectivity index (χ2n) is 4.69. The molecule has 0 aliphatic carbocycles. The smallest absolute Gasteiger partial charge is 0.330 e. The second kappa shape index (κ2) is 5.02. The van der Waals surface area contributed by atoms with Crippen LogP contribution in [0.3, 0.4) is 0 Å². The molecule has 2 rings (SSSR count). The molecular weight excluding hydrogens is 236 g/mol. The molecule has 0 unspecified atom stereocenters. The van der Waals surface area contributed by atoms with Gasteiger partial charge in [-0.25, -0.2) is 4.79 Å². The van der Waals surface area contributed by atoms with Gasteiger partial charge in [0.05, 0.1) is 13.2 Å². The zero-order valence-electron chi connectivity index (χ0n) is 10.1. The Balaban J connectivity index is 1.79. The molecule has 1 aliphatic rings. The third kappa shape index (κ3) is 3.41. The van der Waals surface area contributed by atoms with Gasteiger partial charge in [-0.1, -0.05) is 6.92 Å². The summed E-state index contributed by atoms with van der Waals surface area (Å²) in [6.07, 6.45) is 3.27. The monoisotopic (exact) mass is 252 g/mol. The Morgan fingerprint density at radius 1 is 1.59 bits per heavy atom. The van der Waals surface area contributed by atoms with E-state index in [9.17, 15) is 4.79 Å². The van der Waals surface area contributed by atoms with Gasteiger partial charge in [0.15, 0.2) is 0 Å². The molecule has 1 aromatic heterocycles. The average molecular weight is 252 g/mol. The number of carbonyl (C=O) groups is 1. The lowest BCUT2D eigenvalue weighted by Crippen LogP contribution is -2.43. The van der Waals surface area contributed by atoms with E-state index in [1.807, 2.05) is 19.1 Å². The highest BCUT2D eigenvalue weighted by atomic mass is 32.1. The summed E-state index contributed by atoms with van der Waals surface area (Å²) in [5, 5.41) is 0. The van der Waals surface area contributed by atoms with E-state index in [1.54, 1.807) is 17.4 Å². The Kier molecular flexibility index (Phi) is 3.64. The fourth-order valence-electron chi connectivity index (χ4n) is 1.52. The Bertz CT molecular complexity index is 430. The van der Waals surface area contributed by atoms with Gasteiger partial charge in [0, 0.05) is 21.2 Å². The molecule has 4 heteroatoms. The first kappa shape index (κ1) is 12.3. The fourth-order valence-corrected chi connectivity index (χ4v) is 2.30. The van der Waals surface area contributed by atoms with Crippen LogP contribution in [0.1, 0.15) is 16.7 Å². The van der Waals surface area contributed by atoms with Gasteiger partial charge < -0.3 is 9.47 Å². The van der Waals surface area contributed by atoms with Crippen molar-refractivity contribution in [3.05, 3.63) is 28.0 Å². The molecule has 1 fully saturated rings. The summed E-state index contributed by atoms with van der Waals surface area (Å²) < 4.78 is 10.3. The third-order valence-electron chi connectivity index (χ3n) is 2.61. The Labute approximate surface area is 105 Å². The number of hydrogen-bond acceptors (Lipinski definition) is 4. The molecule has 1 aromatic rings. The van der Waals surface area contributed by atoms with Crippen LogP contribution in [0.5, 0.6) is 0 Å². The van der Waals surface area contributed by atoms with Crippen molar-refractivity contribution in [1.82, 2.24) is 0 Å². The molecule has 17 heavy (non-hydrogen) atoms. The van der Waals surface area contributed by atoms with Crippen LogP contribution in [0.2, 0.25) is 0 Å². The second-order valence-corrected chi connectivity index (χ2v) is 6.01. The number of thiophene rings is 1. The van der Waals surface area contributed by atoms with E-state index in [4.69, 9.17) is 9.47 Å². The van der Waals surface area contributed by atoms with E-state index in [0.29, 0.717) is 19.8 Å². The van der Waals surface area contributed by atoms with Gasteiger partial charge in [0.25, 0.3) is 0 Å². The molecule has 0 radical (unpaired) electrons. The summed E-state index contributed by atoms with van der Waals surface area (Å²) in [4.78, 5) is 13.8. The lowest BCUT2D eigenvalue weighted by molar-refractivity contribution is -0.160. The first-order valence-electron chi connectivity index (χ1n) is 5.56. The van der Waals surface area contributed by atoms with Crippen LogP contribution in [0.4, 0.5) is 0 Å². The van der Waals surface area contributed by atoms with Gasteiger partial charge in [-0.15, -0.1) is 11.3 Å². The van der Waals surface area contributed by atoms with E-state index < -0.39 is 0 Å². The van der Waals surface area contributed by atoms with Crippen molar-refractivity contribution in [1.29, 1.82) is 0 Å². The maximum absolute atomic E-state index is 11.5. The molecule has 0 atom stereocenters. The minimum atomic E-state index is -0.288. The highest BCUT2D eigenvalue weighted by molar-refractivity contribution is 7.12. The molecule has 0 saturated carbocycles. The highest BCUT2D eigenvalue weighted by Crippen LogP contribution is 2.26. The minimum absolute atomic E-state index is 0.0169. The Morgan fingerprint density at radius 3 is 2.88 bits per heavy atom. The van der Waals surface area contributed by atoms with Crippen LogP contribution in [-0.4, -0.2) is 25.8 Å². The lowest BCUT2D eigenvalue weighted by Gasteiger charge is -2.36. The van der Waals surface area contributed by atoms with Gasteiger partial charge in [-0.2, -0.15) is 0 Å². The number of esters is 1.